The lowest BCUT2D eigenvalue weighted by Crippen LogP contribution is -2.23. The lowest BCUT2D eigenvalue weighted by Gasteiger charge is -2.14. The van der Waals surface area contributed by atoms with Crippen LogP contribution in [0.4, 0.5) is 13.2 Å². The molecule has 0 heterocycles. The van der Waals surface area contributed by atoms with E-state index in [9.17, 15) is 22.8 Å². The molecule has 126 valence electrons. The van der Waals surface area contributed by atoms with E-state index in [0.29, 0.717) is 16.7 Å². The first-order chi connectivity index (χ1) is 11.3. The van der Waals surface area contributed by atoms with Crippen LogP contribution >= 0.6 is 0 Å². The first-order valence-corrected chi connectivity index (χ1v) is 7.21. The zero-order valence-electron chi connectivity index (χ0n) is 12.8. The zero-order valence-corrected chi connectivity index (χ0v) is 12.8. The van der Waals surface area contributed by atoms with E-state index < -0.39 is 24.7 Å². The molecule has 0 aromatic heterocycles. The number of carbonyl (C=O) groups is 2. The predicted molar refractivity (Wildman–Crippen MR) is 81.7 cm³/mol. The highest BCUT2D eigenvalue weighted by atomic mass is 19.4. The number of halogens is 3. The van der Waals surface area contributed by atoms with Gasteiger partial charge in [-0.25, -0.2) is 0 Å². The number of benzene rings is 2. The number of alkyl halides is 3. The van der Waals surface area contributed by atoms with Crippen LogP contribution in [0.5, 0.6) is 0 Å². The minimum absolute atomic E-state index is 0.228. The molecule has 24 heavy (non-hydrogen) atoms. The number of rotatable bonds is 5. The largest absolute Gasteiger partial charge is 0.456 e. The molecule has 0 bridgehead atoms. The Bertz CT molecular complexity index is 724. The normalized spacial score (nSPS) is 12.5. The molecule has 0 radical (unpaired) electrons. The van der Waals surface area contributed by atoms with Crippen LogP contribution in [0.3, 0.4) is 0 Å². The van der Waals surface area contributed by atoms with Gasteiger partial charge in [0.1, 0.15) is 0 Å². The van der Waals surface area contributed by atoms with Gasteiger partial charge in [0.2, 0.25) is 0 Å². The van der Waals surface area contributed by atoms with Gasteiger partial charge in [-0.1, -0.05) is 48.5 Å². The van der Waals surface area contributed by atoms with Crippen LogP contribution in [0, 0.1) is 0 Å². The summed E-state index contributed by atoms with van der Waals surface area (Å²) in [6.07, 6.45) is -4.57. The van der Waals surface area contributed by atoms with Crippen molar-refractivity contribution in [2.45, 2.75) is 19.0 Å². The van der Waals surface area contributed by atoms with Crippen LogP contribution in [0.1, 0.15) is 34.3 Å². The molecular weight excluding hydrogens is 321 g/mol. The van der Waals surface area contributed by atoms with Gasteiger partial charge in [0.05, 0.1) is 5.92 Å². The summed E-state index contributed by atoms with van der Waals surface area (Å²) in [6, 6.07) is 14.8. The molecule has 0 fully saturated rings. The van der Waals surface area contributed by atoms with Crippen molar-refractivity contribution in [1.82, 2.24) is 0 Å². The van der Waals surface area contributed by atoms with Gasteiger partial charge in [0.25, 0.3) is 0 Å². The molecule has 0 aliphatic carbocycles. The van der Waals surface area contributed by atoms with Crippen LogP contribution in [0.2, 0.25) is 0 Å². The highest BCUT2D eigenvalue weighted by molar-refractivity contribution is 6.09. The standard InChI is InChI=1S/C18H15F3O3/c1-12(17(23)24-11-18(19,20)21)14-8-5-9-15(10-14)16(22)13-6-3-2-4-7-13/h2-10,12H,11H2,1H3. The van der Waals surface area contributed by atoms with Gasteiger partial charge < -0.3 is 4.74 Å². The Morgan fingerprint density at radius 2 is 1.62 bits per heavy atom. The molecule has 2 aromatic rings. The van der Waals surface area contributed by atoms with Crippen LogP contribution < -0.4 is 0 Å². The Balaban J connectivity index is 2.15. The van der Waals surface area contributed by atoms with E-state index in [0.717, 1.165) is 0 Å². The topological polar surface area (TPSA) is 43.4 Å². The van der Waals surface area contributed by atoms with E-state index in [1.165, 1.54) is 13.0 Å². The van der Waals surface area contributed by atoms with Crippen LogP contribution in [0.15, 0.2) is 54.6 Å². The predicted octanol–water partition coefficient (Wildman–Crippen LogP) is 4.13. The summed E-state index contributed by atoms with van der Waals surface area (Å²) in [6.45, 7) is -0.191. The second kappa shape index (κ2) is 7.29. The first kappa shape index (κ1) is 17.7. The summed E-state index contributed by atoms with van der Waals surface area (Å²) in [5.74, 6) is -2.12. The third-order valence-corrected chi connectivity index (χ3v) is 3.42. The Hall–Kier alpha value is -2.63. The number of ketones is 1. The lowest BCUT2D eigenvalue weighted by atomic mass is 9.96. The van der Waals surface area contributed by atoms with E-state index >= 15 is 0 Å². The second-order valence-corrected chi connectivity index (χ2v) is 5.27. The average molecular weight is 336 g/mol. The van der Waals surface area contributed by atoms with Crippen molar-refractivity contribution in [3.63, 3.8) is 0 Å². The monoisotopic (exact) mass is 336 g/mol. The molecule has 3 nitrogen and oxygen atoms in total. The number of hydrogen-bond donors (Lipinski definition) is 0. The number of esters is 1. The van der Waals surface area contributed by atoms with Crippen molar-refractivity contribution in [3.05, 3.63) is 71.3 Å². The third kappa shape index (κ3) is 4.68. The minimum atomic E-state index is -4.57. The third-order valence-electron chi connectivity index (χ3n) is 3.42. The maximum Gasteiger partial charge on any atom is 0.422 e. The molecule has 2 rings (SSSR count). The molecule has 0 N–H and O–H groups in total. The molecule has 1 unspecified atom stereocenters. The lowest BCUT2D eigenvalue weighted by molar-refractivity contribution is -0.187. The fraction of sp³-hybridized carbons (Fsp3) is 0.222. The average Bonchev–Trinajstić information content (AvgIpc) is 2.58. The molecule has 0 aliphatic rings. The van der Waals surface area contributed by atoms with Crippen LogP contribution in [0.25, 0.3) is 0 Å². The Labute approximate surface area is 137 Å². The molecule has 2 aromatic carbocycles. The molecule has 6 heteroatoms. The van der Waals surface area contributed by atoms with Crippen molar-refractivity contribution in [2.24, 2.45) is 0 Å². The van der Waals surface area contributed by atoms with Crippen molar-refractivity contribution in [3.8, 4) is 0 Å². The summed E-state index contributed by atoms with van der Waals surface area (Å²) in [5.41, 5.74) is 1.26. The van der Waals surface area contributed by atoms with Gasteiger partial charge >= 0.3 is 12.1 Å². The van der Waals surface area contributed by atoms with Gasteiger partial charge in [-0.3, -0.25) is 9.59 Å². The molecule has 0 aliphatic heterocycles. The summed E-state index contributed by atoms with van der Waals surface area (Å²) >= 11 is 0. The van der Waals surface area contributed by atoms with Gasteiger partial charge in [0.15, 0.2) is 12.4 Å². The number of ether oxygens (including phenoxy) is 1. The number of carbonyl (C=O) groups excluding carboxylic acids is 2. The van der Waals surface area contributed by atoms with Gasteiger partial charge in [0, 0.05) is 11.1 Å². The fourth-order valence-electron chi connectivity index (χ4n) is 2.12. The SMILES string of the molecule is CC(C(=O)OCC(F)(F)F)c1cccc(C(=O)c2ccccc2)c1. The van der Waals surface area contributed by atoms with Crippen molar-refractivity contribution >= 4 is 11.8 Å². The van der Waals surface area contributed by atoms with E-state index in [1.54, 1.807) is 48.5 Å². The summed E-state index contributed by atoms with van der Waals surface area (Å²) < 4.78 is 40.6. The van der Waals surface area contributed by atoms with Crippen molar-refractivity contribution in [2.75, 3.05) is 6.61 Å². The van der Waals surface area contributed by atoms with E-state index in [-0.39, 0.29) is 5.78 Å². The first-order valence-electron chi connectivity index (χ1n) is 7.21. The number of hydrogen-bond acceptors (Lipinski definition) is 3. The summed E-state index contributed by atoms with van der Waals surface area (Å²) in [5, 5.41) is 0. The van der Waals surface area contributed by atoms with E-state index in [1.807, 2.05) is 0 Å². The molecule has 0 spiro atoms. The highest BCUT2D eigenvalue weighted by Gasteiger charge is 2.31. The second-order valence-electron chi connectivity index (χ2n) is 5.27. The van der Waals surface area contributed by atoms with E-state index in [4.69, 9.17) is 0 Å². The Morgan fingerprint density at radius 1 is 1.00 bits per heavy atom. The van der Waals surface area contributed by atoms with Gasteiger partial charge in [-0.15, -0.1) is 0 Å². The van der Waals surface area contributed by atoms with Crippen LogP contribution in [-0.4, -0.2) is 24.5 Å². The fourth-order valence-corrected chi connectivity index (χ4v) is 2.12. The highest BCUT2D eigenvalue weighted by Crippen LogP contribution is 2.22. The Kier molecular flexibility index (Phi) is 5.39. The van der Waals surface area contributed by atoms with Crippen molar-refractivity contribution < 1.29 is 27.5 Å². The molecule has 0 saturated carbocycles. The molecular formula is C18H15F3O3. The maximum atomic E-state index is 12.4. The van der Waals surface area contributed by atoms with Crippen molar-refractivity contribution in [1.29, 1.82) is 0 Å². The van der Waals surface area contributed by atoms with Crippen LogP contribution in [-0.2, 0) is 9.53 Å². The maximum absolute atomic E-state index is 12.4. The van der Waals surface area contributed by atoms with Gasteiger partial charge in [-0.05, 0) is 18.6 Å². The molecule has 0 amide bonds. The Morgan fingerprint density at radius 3 is 2.25 bits per heavy atom. The van der Waals surface area contributed by atoms with E-state index in [2.05, 4.69) is 4.74 Å². The molecule has 0 saturated heterocycles. The minimum Gasteiger partial charge on any atom is -0.456 e. The summed E-state index contributed by atoms with van der Waals surface area (Å²) in [4.78, 5) is 24.1. The quantitative estimate of drug-likeness (QED) is 0.609. The van der Waals surface area contributed by atoms with Gasteiger partial charge in [-0.2, -0.15) is 13.2 Å². The smallest absolute Gasteiger partial charge is 0.422 e. The summed E-state index contributed by atoms with van der Waals surface area (Å²) in [7, 11) is 0. The zero-order chi connectivity index (χ0) is 17.7. The molecule has 1 atom stereocenters.